The lowest BCUT2D eigenvalue weighted by molar-refractivity contribution is 0.0168. The van der Waals surface area contributed by atoms with Gasteiger partial charge in [0.15, 0.2) is 0 Å². The van der Waals surface area contributed by atoms with Crippen LogP contribution in [0.2, 0.25) is 0 Å². The molecule has 102 valence electrons. The molecule has 1 aromatic heterocycles. The Hall–Kier alpha value is -1.56. The number of aromatic amines is 1. The van der Waals surface area contributed by atoms with E-state index in [-0.39, 0.29) is 23.6 Å². The number of aliphatic hydroxyl groups is 2. The van der Waals surface area contributed by atoms with Gasteiger partial charge in [0.25, 0.3) is 0 Å². The first-order valence-corrected chi connectivity index (χ1v) is 6.35. The number of halogens is 1. The summed E-state index contributed by atoms with van der Waals surface area (Å²) in [7, 11) is 0. The van der Waals surface area contributed by atoms with Crippen LogP contribution in [0.15, 0.2) is 24.3 Å². The lowest BCUT2D eigenvalue weighted by atomic mass is 9.99. The van der Waals surface area contributed by atoms with E-state index >= 15 is 0 Å². The number of carbonyl (C=O) groups is 1. The molecular weight excluding hydrogens is 270 g/mol. The lowest BCUT2D eigenvalue weighted by Crippen LogP contribution is -2.20. The number of carboxylic acid groups (broad SMARTS) is 1. The fourth-order valence-electron chi connectivity index (χ4n) is 2.10. The molecule has 0 aliphatic carbocycles. The largest absolute Gasteiger partial charge is 0.477 e. The van der Waals surface area contributed by atoms with Gasteiger partial charge < -0.3 is 20.3 Å². The molecule has 0 amide bonds. The van der Waals surface area contributed by atoms with Crippen molar-refractivity contribution in [3.63, 3.8) is 0 Å². The predicted octanol–water partition coefficient (Wildman–Crippen LogP) is 1.89. The number of hydrogen-bond acceptors (Lipinski definition) is 3. The van der Waals surface area contributed by atoms with Crippen LogP contribution in [-0.2, 0) is 0 Å². The average molecular weight is 284 g/mol. The number of H-pyrrole nitrogens is 1. The SMILES string of the molecule is O=C(O)c1[nH]c2ccccc2c1C(O)C(O)CCCl. The van der Waals surface area contributed by atoms with Crippen LogP contribution in [0, 0.1) is 0 Å². The van der Waals surface area contributed by atoms with Crippen molar-refractivity contribution in [3.05, 3.63) is 35.5 Å². The number of nitrogens with one attached hydrogen (secondary N) is 1. The molecule has 19 heavy (non-hydrogen) atoms. The van der Waals surface area contributed by atoms with Crippen molar-refractivity contribution >= 4 is 28.5 Å². The number of hydrogen-bond donors (Lipinski definition) is 4. The van der Waals surface area contributed by atoms with Gasteiger partial charge in [-0.2, -0.15) is 0 Å². The number of alkyl halides is 1. The Morgan fingerprint density at radius 1 is 1.32 bits per heavy atom. The van der Waals surface area contributed by atoms with Gasteiger partial charge in [0.2, 0.25) is 0 Å². The lowest BCUT2D eigenvalue weighted by Gasteiger charge is -2.17. The van der Waals surface area contributed by atoms with Crippen molar-refractivity contribution in [1.82, 2.24) is 4.98 Å². The van der Waals surface area contributed by atoms with Crippen molar-refractivity contribution in [2.45, 2.75) is 18.6 Å². The number of aromatic nitrogens is 1. The fraction of sp³-hybridized carbons (Fsp3) is 0.308. The zero-order valence-electron chi connectivity index (χ0n) is 10.0. The van der Waals surface area contributed by atoms with Crippen LogP contribution < -0.4 is 0 Å². The van der Waals surface area contributed by atoms with E-state index in [0.717, 1.165) is 0 Å². The van der Waals surface area contributed by atoms with Gasteiger partial charge in [0.1, 0.15) is 11.8 Å². The highest BCUT2D eigenvalue weighted by atomic mass is 35.5. The number of aliphatic hydroxyl groups excluding tert-OH is 2. The highest BCUT2D eigenvalue weighted by Gasteiger charge is 2.27. The van der Waals surface area contributed by atoms with Gasteiger partial charge in [-0.1, -0.05) is 18.2 Å². The number of carboxylic acids is 1. The van der Waals surface area contributed by atoms with Crippen LogP contribution in [0.25, 0.3) is 10.9 Å². The maximum absolute atomic E-state index is 11.2. The maximum Gasteiger partial charge on any atom is 0.352 e. The molecule has 5 nitrogen and oxygen atoms in total. The molecule has 2 unspecified atom stereocenters. The van der Waals surface area contributed by atoms with Crippen molar-refractivity contribution < 1.29 is 20.1 Å². The Kier molecular flexibility index (Phi) is 4.09. The minimum atomic E-state index is -1.29. The molecule has 1 heterocycles. The van der Waals surface area contributed by atoms with Crippen LogP contribution in [0.3, 0.4) is 0 Å². The summed E-state index contributed by atoms with van der Waals surface area (Å²) in [4.78, 5) is 14.0. The van der Waals surface area contributed by atoms with Crippen LogP contribution >= 0.6 is 11.6 Å². The van der Waals surface area contributed by atoms with Gasteiger partial charge in [-0.15, -0.1) is 11.6 Å². The van der Waals surface area contributed by atoms with Crippen LogP contribution in [0.5, 0.6) is 0 Å². The molecular formula is C13H14ClNO4. The number of para-hydroxylation sites is 1. The third-order valence-electron chi connectivity index (χ3n) is 3.03. The zero-order chi connectivity index (χ0) is 14.0. The summed E-state index contributed by atoms with van der Waals surface area (Å²) in [6.07, 6.45) is -2.21. The first-order valence-electron chi connectivity index (χ1n) is 5.82. The molecule has 1 aromatic carbocycles. The van der Waals surface area contributed by atoms with Crippen molar-refractivity contribution in [3.8, 4) is 0 Å². The second-order valence-corrected chi connectivity index (χ2v) is 4.63. The highest BCUT2D eigenvalue weighted by Crippen LogP contribution is 2.31. The van der Waals surface area contributed by atoms with Crippen LogP contribution in [0.1, 0.15) is 28.6 Å². The van der Waals surface area contributed by atoms with Crippen LogP contribution in [-0.4, -0.2) is 38.3 Å². The highest BCUT2D eigenvalue weighted by molar-refractivity contribution is 6.17. The third kappa shape index (κ3) is 2.58. The Morgan fingerprint density at radius 2 is 2.00 bits per heavy atom. The first kappa shape index (κ1) is 13.9. The van der Waals surface area contributed by atoms with Gasteiger partial charge in [-0.05, 0) is 12.5 Å². The van der Waals surface area contributed by atoms with Gasteiger partial charge in [0.05, 0.1) is 6.10 Å². The summed E-state index contributed by atoms with van der Waals surface area (Å²) < 4.78 is 0. The van der Waals surface area contributed by atoms with Gasteiger partial charge in [-0.3, -0.25) is 0 Å². The Bertz CT molecular complexity index is 595. The molecule has 6 heteroatoms. The number of benzene rings is 1. The average Bonchev–Trinajstić information content (AvgIpc) is 2.77. The predicted molar refractivity (Wildman–Crippen MR) is 71.6 cm³/mol. The van der Waals surface area contributed by atoms with Gasteiger partial charge >= 0.3 is 5.97 Å². The van der Waals surface area contributed by atoms with Gasteiger partial charge in [-0.25, -0.2) is 4.79 Å². The molecule has 0 saturated carbocycles. The zero-order valence-corrected chi connectivity index (χ0v) is 10.8. The minimum absolute atomic E-state index is 0.109. The van der Waals surface area contributed by atoms with E-state index in [9.17, 15) is 20.1 Å². The molecule has 0 spiro atoms. The van der Waals surface area contributed by atoms with E-state index in [4.69, 9.17) is 11.6 Å². The molecule has 0 aliphatic rings. The van der Waals surface area contributed by atoms with E-state index in [1.54, 1.807) is 24.3 Å². The molecule has 0 saturated heterocycles. The smallest absolute Gasteiger partial charge is 0.352 e. The molecule has 0 fully saturated rings. The summed E-state index contributed by atoms with van der Waals surface area (Å²) in [5.41, 5.74) is 0.690. The number of aromatic carboxylic acids is 1. The van der Waals surface area contributed by atoms with Gasteiger partial charge in [0, 0.05) is 22.3 Å². The quantitative estimate of drug-likeness (QED) is 0.630. The Morgan fingerprint density at radius 3 is 2.63 bits per heavy atom. The standard InChI is InChI=1S/C13H14ClNO4/c14-6-5-9(16)12(17)10-7-3-1-2-4-8(7)15-11(10)13(18)19/h1-4,9,12,15-17H,5-6H2,(H,18,19). The molecule has 2 rings (SSSR count). The number of fused-ring (bicyclic) bond motifs is 1. The normalized spacial score (nSPS) is 14.5. The molecule has 2 aromatic rings. The molecule has 0 radical (unpaired) electrons. The summed E-state index contributed by atoms with van der Waals surface area (Å²) >= 11 is 5.53. The summed E-state index contributed by atoms with van der Waals surface area (Å²) in [5, 5.41) is 29.7. The monoisotopic (exact) mass is 283 g/mol. The third-order valence-corrected chi connectivity index (χ3v) is 3.24. The molecule has 0 bridgehead atoms. The fourth-order valence-corrected chi connectivity index (χ4v) is 2.33. The summed E-state index contributed by atoms with van der Waals surface area (Å²) in [6.45, 7) is 0. The van der Waals surface area contributed by atoms with Crippen molar-refractivity contribution in [2.75, 3.05) is 5.88 Å². The Balaban J connectivity index is 2.56. The van der Waals surface area contributed by atoms with E-state index in [0.29, 0.717) is 10.9 Å². The van der Waals surface area contributed by atoms with E-state index in [1.165, 1.54) is 0 Å². The van der Waals surface area contributed by atoms with E-state index in [2.05, 4.69) is 4.98 Å². The Labute approximate surface area is 114 Å². The van der Waals surface area contributed by atoms with Crippen molar-refractivity contribution in [2.24, 2.45) is 0 Å². The molecule has 4 N–H and O–H groups in total. The second kappa shape index (κ2) is 5.61. The van der Waals surface area contributed by atoms with E-state index in [1.807, 2.05) is 0 Å². The van der Waals surface area contributed by atoms with Crippen LogP contribution in [0.4, 0.5) is 0 Å². The summed E-state index contributed by atoms with van der Waals surface area (Å²) in [5.74, 6) is -0.994. The number of rotatable bonds is 5. The maximum atomic E-state index is 11.2. The van der Waals surface area contributed by atoms with Crippen molar-refractivity contribution in [1.29, 1.82) is 0 Å². The molecule has 2 atom stereocenters. The van der Waals surface area contributed by atoms with E-state index < -0.39 is 18.2 Å². The summed E-state index contributed by atoms with van der Waals surface area (Å²) in [6, 6.07) is 6.91. The topological polar surface area (TPSA) is 93.5 Å². The molecule has 0 aliphatic heterocycles. The second-order valence-electron chi connectivity index (χ2n) is 4.25. The minimum Gasteiger partial charge on any atom is -0.477 e. The first-order chi connectivity index (χ1) is 9.06.